The van der Waals surface area contributed by atoms with Gasteiger partial charge in [0.1, 0.15) is 5.75 Å². The van der Waals surface area contributed by atoms with Crippen LogP contribution in [0, 0.1) is 0 Å². The fourth-order valence-electron chi connectivity index (χ4n) is 3.86. The van der Waals surface area contributed by atoms with Crippen molar-refractivity contribution in [2.45, 2.75) is 25.0 Å². The van der Waals surface area contributed by atoms with E-state index in [2.05, 4.69) is 15.2 Å². The molecule has 3 heterocycles. The van der Waals surface area contributed by atoms with E-state index in [1.54, 1.807) is 7.11 Å². The molecule has 2 aromatic rings. The SMILES string of the molecule is COc1ccc2[nH]c(=O)c(CN3CCC4(CC3)CNCCO4)cc2c1. The molecule has 134 valence electrons. The van der Waals surface area contributed by atoms with Gasteiger partial charge >= 0.3 is 0 Å². The molecule has 2 fully saturated rings. The van der Waals surface area contributed by atoms with Crippen molar-refractivity contribution in [2.75, 3.05) is 39.9 Å². The van der Waals surface area contributed by atoms with E-state index in [4.69, 9.17) is 9.47 Å². The number of nitrogens with zero attached hydrogens (tertiary/aromatic N) is 1. The van der Waals surface area contributed by atoms with Gasteiger partial charge in [0.25, 0.3) is 5.56 Å². The highest BCUT2D eigenvalue weighted by Crippen LogP contribution is 2.28. The molecule has 2 N–H and O–H groups in total. The van der Waals surface area contributed by atoms with Crippen LogP contribution in [-0.4, -0.2) is 55.4 Å². The molecule has 0 bridgehead atoms. The molecule has 6 nitrogen and oxygen atoms in total. The molecule has 2 aliphatic rings. The number of hydrogen-bond donors (Lipinski definition) is 2. The van der Waals surface area contributed by atoms with Crippen molar-refractivity contribution < 1.29 is 9.47 Å². The predicted octanol–water partition coefficient (Wildman–Crippen LogP) is 1.49. The third kappa shape index (κ3) is 3.42. The van der Waals surface area contributed by atoms with Crippen LogP contribution < -0.4 is 15.6 Å². The molecule has 0 radical (unpaired) electrons. The number of aromatic amines is 1. The smallest absolute Gasteiger partial charge is 0.252 e. The molecule has 4 rings (SSSR count). The maximum Gasteiger partial charge on any atom is 0.252 e. The lowest BCUT2D eigenvalue weighted by Gasteiger charge is -2.44. The first-order chi connectivity index (χ1) is 12.2. The number of hydrogen-bond acceptors (Lipinski definition) is 5. The molecule has 2 saturated heterocycles. The zero-order valence-corrected chi connectivity index (χ0v) is 14.6. The fraction of sp³-hybridized carbons (Fsp3) is 0.526. The van der Waals surface area contributed by atoms with Gasteiger partial charge in [0.2, 0.25) is 0 Å². The van der Waals surface area contributed by atoms with Gasteiger partial charge in [-0.1, -0.05) is 0 Å². The van der Waals surface area contributed by atoms with Crippen molar-refractivity contribution in [3.05, 3.63) is 40.2 Å². The number of H-pyrrole nitrogens is 1. The predicted molar refractivity (Wildman–Crippen MR) is 97.2 cm³/mol. The number of fused-ring (bicyclic) bond motifs is 1. The van der Waals surface area contributed by atoms with E-state index < -0.39 is 0 Å². The Labute approximate surface area is 147 Å². The molecule has 1 aromatic carbocycles. The highest BCUT2D eigenvalue weighted by atomic mass is 16.5. The first kappa shape index (κ1) is 16.6. The minimum Gasteiger partial charge on any atom is -0.497 e. The molecular formula is C19H25N3O3. The van der Waals surface area contributed by atoms with Crippen LogP contribution in [0.15, 0.2) is 29.1 Å². The van der Waals surface area contributed by atoms with Crippen LogP contribution in [0.25, 0.3) is 10.9 Å². The van der Waals surface area contributed by atoms with Gasteiger partial charge < -0.3 is 19.8 Å². The summed E-state index contributed by atoms with van der Waals surface area (Å²) in [5.41, 5.74) is 1.64. The van der Waals surface area contributed by atoms with Crippen molar-refractivity contribution in [1.29, 1.82) is 0 Å². The molecule has 0 unspecified atom stereocenters. The molecule has 6 heteroatoms. The van der Waals surface area contributed by atoms with Crippen molar-refractivity contribution in [3.8, 4) is 5.75 Å². The number of morpholine rings is 1. The number of methoxy groups -OCH3 is 1. The summed E-state index contributed by atoms with van der Waals surface area (Å²) >= 11 is 0. The molecule has 1 aromatic heterocycles. The second-order valence-corrected chi connectivity index (χ2v) is 7.06. The van der Waals surface area contributed by atoms with E-state index in [-0.39, 0.29) is 11.2 Å². The standard InChI is InChI=1S/C19H25N3O3/c1-24-16-2-3-17-14(11-16)10-15(18(23)21-17)12-22-7-4-19(5-8-22)13-20-6-9-25-19/h2-3,10-11,20H,4-9,12-13H2,1H3,(H,21,23). The second-order valence-electron chi connectivity index (χ2n) is 7.06. The number of ether oxygens (including phenoxy) is 2. The maximum atomic E-state index is 12.4. The van der Waals surface area contributed by atoms with Gasteiger partial charge in [-0.05, 0) is 37.1 Å². The van der Waals surface area contributed by atoms with Crippen LogP contribution in [0.1, 0.15) is 18.4 Å². The average Bonchev–Trinajstić information content (AvgIpc) is 2.65. The highest BCUT2D eigenvalue weighted by Gasteiger charge is 2.36. The molecule has 0 atom stereocenters. The maximum absolute atomic E-state index is 12.4. The summed E-state index contributed by atoms with van der Waals surface area (Å²) in [6.45, 7) is 5.27. The van der Waals surface area contributed by atoms with Gasteiger partial charge in [-0.15, -0.1) is 0 Å². The Bertz CT molecular complexity index is 801. The normalized spacial score (nSPS) is 20.8. The zero-order chi connectivity index (χ0) is 17.3. The first-order valence-electron chi connectivity index (χ1n) is 8.94. The van der Waals surface area contributed by atoms with Crippen LogP contribution in [0.4, 0.5) is 0 Å². The average molecular weight is 343 g/mol. The summed E-state index contributed by atoms with van der Waals surface area (Å²) in [6, 6.07) is 7.69. The topological polar surface area (TPSA) is 66.6 Å². The lowest BCUT2D eigenvalue weighted by Crippen LogP contribution is -2.55. The first-order valence-corrected chi connectivity index (χ1v) is 8.94. The molecular weight excluding hydrogens is 318 g/mol. The summed E-state index contributed by atoms with van der Waals surface area (Å²) in [5.74, 6) is 0.798. The Hall–Kier alpha value is -1.89. The number of pyridine rings is 1. The van der Waals surface area contributed by atoms with Gasteiger partial charge in [-0.2, -0.15) is 0 Å². The number of rotatable bonds is 3. The van der Waals surface area contributed by atoms with Gasteiger partial charge in [0.15, 0.2) is 0 Å². The largest absolute Gasteiger partial charge is 0.497 e. The number of likely N-dealkylation sites (tertiary alicyclic amines) is 1. The van der Waals surface area contributed by atoms with E-state index in [0.29, 0.717) is 6.54 Å². The summed E-state index contributed by atoms with van der Waals surface area (Å²) < 4.78 is 11.3. The minimum atomic E-state index is -0.00598. The summed E-state index contributed by atoms with van der Waals surface area (Å²) in [6.07, 6.45) is 2.03. The lowest BCUT2D eigenvalue weighted by atomic mass is 9.90. The van der Waals surface area contributed by atoms with Gasteiger partial charge in [0, 0.05) is 49.2 Å². The highest BCUT2D eigenvalue weighted by molar-refractivity contribution is 5.80. The Morgan fingerprint density at radius 3 is 2.84 bits per heavy atom. The number of aromatic nitrogens is 1. The Morgan fingerprint density at radius 1 is 1.28 bits per heavy atom. The van der Waals surface area contributed by atoms with Crippen LogP contribution in [-0.2, 0) is 11.3 Å². The number of piperidine rings is 1. The van der Waals surface area contributed by atoms with E-state index >= 15 is 0 Å². The second kappa shape index (κ2) is 6.78. The number of nitrogens with one attached hydrogen (secondary N) is 2. The molecule has 1 spiro atoms. The van der Waals surface area contributed by atoms with Gasteiger partial charge in [0.05, 0.1) is 19.3 Å². The van der Waals surface area contributed by atoms with Crippen molar-refractivity contribution in [2.24, 2.45) is 0 Å². The van der Waals surface area contributed by atoms with E-state index in [1.165, 1.54) is 0 Å². The van der Waals surface area contributed by atoms with E-state index in [9.17, 15) is 4.79 Å². The molecule has 2 aliphatic heterocycles. The summed E-state index contributed by atoms with van der Waals surface area (Å²) in [4.78, 5) is 17.7. The Balaban J connectivity index is 1.49. The van der Waals surface area contributed by atoms with E-state index in [1.807, 2.05) is 24.3 Å². The molecule has 0 saturated carbocycles. The van der Waals surface area contributed by atoms with Gasteiger partial charge in [-0.25, -0.2) is 0 Å². The van der Waals surface area contributed by atoms with E-state index in [0.717, 1.165) is 67.8 Å². The van der Waals surface area contributed by atoms with Crippen molar-refractivity contribution in [3.63, 3.8) is 0 Å². The Kier molecular flexibility index (Phi) is 4.50. The van der Waals surface area contributed by atoms with Gasteiger partial charge in [-0.3, -0.25) is 9.69 Å². The molecule has 0 aliphatic carbocycles. The monoisotopic (exact) mass is 343 g/mol. The lowest BCUT2D eigenvalue weighted by molar-refractivity contribution is -0.100. The van der Waals surface area contributed by atoms with Crippen molar-refractivity contribution >= 4 is 10.9 Å². The zero-order valence-electron chi connectivity index (χ0n) is 14.6. The summed E-state index contributed by atoms with van der Waals surface area (Å²) in [5, 5.41) is 4.44. The Morgan fingerprint density at radius 2 is 2.12 bits per heavy atom. The van der Waals surface area contributed by atoms with Crippen LogP contribution in [0.3, 0.4) is 0 Å². The van der Waals surface area contributed by atoms with Crippen LogP contribution in [0.5, 0.6) is 5.75 Å². The molecule has 25 heavy (non-hydrogen) atoms. The molecule has 0 amide bonds. The quantitative estimate of drug-likeness (QED) is 0.884. The van der Waals surface area contributed by atoms with Crippen molar-refractivity contribution in [1.82, 2.24) is 15.2 Å². The summed E-state index contributed by atoms with van der Waals surface area (Å²) in [7, 11) is 1.65. The van der Waals surface area contributed by atoms with Crippen LogP contribution >= 0.6 is 0 Å². The number of benzene rings is 1. The third-order valence-electron chi connectivity index (χ3n) is 5.42. The van der Waals surface area contributed by atoms with Crippen LogP contribution in [0.2, 0.25) is 0 Å². The fourth-order valence-corrected chi connectivity index (χ4v) is 3.86. The minimum absolute atomic E-state index is 0.00206. The third-order valence-corrected chi connectivity index (χ3v) is 5.42.